The highest BCUT2D eigenvalue weighted by Gasteiger charge is 2.22. The van der Waals surface area contributed by atoms with Crippen LogP contribution in [0.4, 0.5) is 0 Å². The Labute approximate surface area is 149 Å². The summed E-state index contributed by atoms with van der Waals surface area (Å²) in [5, 5.41) is 2.64. The first kappa shape index (κ1) is 18.9. The number of hydrogen-bond acceptors (Lipinski definition) is 3. The molecular weight excluding hydrogens is 336 g/mol. The highest BCUT2D eigenvalue weighted by Crippen LogP contribution is 2.19. The third-order valence-electron chi connectivity index (χ3n) is 3.87. The molecule has 0 aliphatic rings. The first-order valence-electron chi connectivity index (χ1n) is 7.86. The fourth-order valence-electron chi connectivity index (χ4n) is 2.36. The average Bonchev–Trinajstić information content (AvgIpc) is 2.61. The molecule has 0 bridgehead atoms. The number of nitrogens with zero attached hydrogens (tertiary/aromatic N) is 1. The number of aryl methyl sites for hydroxylation is 1. The van der Waals surface area contributed by atoms with Gasteiger partial charge in [-0.25, -0.2) is 8.42 Å². The van der Waals surface area contributed by atoms with E-state index in [0.29, 0.717) is 12.1 Å². The van der Waals surface area contributed by atoms with E-state index in [-0.39, 0.29) is 17.3 Å². The zero-order valence-corrected chi connectivity index (χ0v) is 15.2. The Bertz CT molecular complexity index is 876. The maximum absolute atomic E-state index is 12.8. The minimum atomic E-state index is -3.70. The van der Waals surface area contributed by atoms with Gasteiger partial charge in [0.05, 0.1) is 4.90 Å². The van der Waals surface area contributed by atoms with Crippen LogP contribution >= 0.6 is 0 Å². The van der Waals surface area contributed by atoms with Crippen LogP contribution in [-0.2, 0) is 16.6 Å². The van der Waals surface area contributed by atoms with Gasteiger partial charge < -0.3 is 5.32 Å². The quantitative estimate of drug-likeness (QED) is 0.774. The molecule has 5 nitrogen and oxygen atoms in total. The summed E-state index contributed by atoms with van der Waals surface area (Å²) in [6.45, 7) is 6.07. The van der Waals surface area contributed by atoms with E-state index in [2.05, 4.69) is 11.9 Å². The van der Waals surface area contributed by atoms with E-state index in [1.165, 1.54) is 23.5 Å². The molecule has 25 heavy (non-hydrogen) atoms. The molecule has 0 heterocycles. The lowest BCUT2D eigenvalue weighted by molar-refractivity contribution is 0.0958. The van der Waals surface area contributed by atoms with Gasteiger partial charge in [-0.1, -0.05) is 36.4 Å². The maximum Gasteiger partial charge on any atom is 0.251 e. The van der Waals surface area contributed by atoms with Crippen molar-refractivity contribution in [3.63, 3.8) is 0 Å². The molecule has 2 aromatic rings. The second-order valence-corrected chi connectivity index (χ2v) is 7.76. The second-order valence-electron chi connectivity index (χ2n) is 5.71. The molecule has 1 N–H and O–H groups in total. The third kappa shape index (κ3) is 4.55. The molecule has 0 aliphatic carbocycles. The lowest BCUT2D eigenvalue weighted by atomic mass is 10.1. The summed E-state index contributed by atoms with van der Waals surface area (Å²) in [6, 6.07) is 13.7. The van der Waals surface area contributed by atoms with E-state index >= 15 is 0 Å². The zero-order chi connectivity index (χ0) is 18.4. The van der Waals surface area contributed by atoms with Gasteiger partial charge in [0.15, 0.2) is 0 Å². The van der Waals surface area contributed by atoms with Crippen LogP contribution in [-0.4, -0.2) is 32.2 Å². The van der Waals surface area contributed by atoms with Crippen LogP contribution in [0.25, 0.3) is 0 Å². The molecule has 0 aliphatic heterocycles. The van der Waals surface area contributed by atoms with Gasteiger partial charge in [-0.05, 0) is 36.2 Å². The Balaban J connectivity index is 2.25. The van der Waals surface area contributed by atoms with E-state index in [9.17, 15) is 13.2 Å². The Morgan fingerprint density at radius 1 is 1.20 bits per heavy atom. The number of benzene rings is 2. The van der Waals surface area contributed by atoms with E-state index in [1.54, 1.807) is 18.2 Å². The molecule has 2 aromatic carbocycles. The fourth-order valence-corrected chi connectivity index (χ4v) is 3.55. The van der Waals surface area contributed by atoms with Crippen molar-refractivity contribution in [1.29, 1.82) is 0 Å². The minimum absolute atomic E-state index is 0.0924. The van der Waals surface area contributed by atoms with Crippen molar-refractivity contribution < 1.29 is 13.2 Å². The van der Waals surface area contributed by atoms with Gasteiger partial charge in [0.1, 0.15) is 0 Å². The van der Waals surface area contributed by atoms with E-state index < -0.39 is 10.0 Å². The topological polar surface area (TPSA) is 66.5 Å². The molecule has 0 fully saturated rings. The monoisotopic (exact) mass is 358 g/mol. The first-order chi connectivity index (χ1) is 11.9. The molecule has 0 unspecified atom stereocenters. The van der Waals surface area contributed by atoms with Crippen LogP contribution in [0.3, 0.4) is 0 Å². The number of carbonyl (C=O) groups is 1. The summed E-state index contributed by atoms with van der Waals surface area (Å²) >= 11 is 0. The van der Waals surface area contributed by atoms with Crippen molar-refractivity contribution in [2.45, 2.75) is 18.4 Å². The molecule has 0 radical (unpaired) electrons. The number of carbonyl (C=O) groups excluding carboxylic acids is 1. The summed E-state index contributed by atoms with van der Waals surface area (Å²) in [7, 11) is -2.16. The number of amides is 1. The van der Waals surface area contributed by atoms with E-state index in [0.717, 1.165) is 11.1 Å². The summed E-state index contributed by atoms with van der Waals surface area (Å²) in [5.41, 5.74) is 2.27. The summed E-state index contributed by atoms with van der Waals surface area (Å²) in [6.07, 6.45) is 1.56. The predicted molar refractivity (Wildman–Crippen MR) is 98.8 cm³/mol. The van der Waals surface area contributed by atoms with Gasteiger partial charge in [-0.15, -0.1) is 6.58 Å². The molecule has 0 aromatic heterocycles. The number of hydrogen-bond donors (Lipinski definition) is 1. The zero-order valence-electron chi connectivity index (χ0n) is 14.4. The Morgan fingerprint density at radius 2 is 1.92 bits per heavy atom. The molecule has 132 valence electrons. The number of sulfonamides is 1. The summed E-state index contributed by atoms with van der Waals surface area (Å²) < 4.78 is 26.9. The summed E-state index contributed by atoms with van der Waals surface area (Å²) in [5.74, 6) is -0.335. The molecule has 6 heteroatoms. The smallest absolute Gasteiger partial charge is 0.251 e. The number of rotatable bonds is 7. The lowest BCUT2D eigenvalue weighted by Gasteiger charge is -2.19. The van der Waals surface area contributed by atoms with Crippen LogP contribution in [0.15, 0.2) is 66.1 Å². The van der Waals surface area contributed by atoms with Crippen LogP contribution < -0.4 is 5.32 Å². The molecule has 0 saturated carbocycles. The second kappa shape index (κ2) is 8.09. The maximum atomic E-state index is 12.8. The molecular formula is C19H22N2O3S. The molecule has 0 atom stereocenters. The van der Waals surface area contributed by atoms with Crippen LogP contribution in [0, 0.1) is 6.92 Å². The first-order valence-corrected chi connectivity index (χ1v) is 9.30. The van der Waals surface area contributed by atoms with Crippen molar-refractivity contribution in [2.75, 3.05) is 13.6 Å². The largest absolute Gasteiger partial charge is 0.349 e. The molecule has 0 spiro atoms. The normalized spacial score (nSPS) is 11.3. The van der Waals surface area contributed by atoms with Gasteiger partial charge in [0, 0.05) is 25.7 Å². The Hall–Kier alpha value is -2.44. The predicted octanol–water partition coefficient (Wildman–Crippen LogP) is 2.73. The van der Waals surface area contributed by atoms with Gasteiger partial charge in [0.25, 0.3) is 5.91 Å². The lowest BCUT2D eigenvalue weighted by Crippen LogP contribution is -2.28. The van der Waals surface area contributed by atoms with Crippen molar-refractivity contribution in [2.24, 2.45) is 0 Å². The van der Waals surface area contributed by atoms with E-state index in [1.807, 2.05) is 31.2 Å². The number of nitrogens with one attached hydrogen (secondary N) is 1. The van der Waals surface area contributed by atoms with Crippen LogP contribution in [0.1, 0.15) is 21.5 Å². The fraction of sp³-hybridized carbons (Fsp3) is 0.211. The van der Waals surface area contributed by atoms with Gasteiger partial charge in [0.2, 0.25) is 10.0 Å². The minimum Gasteiger partial charge on any atom is -0.349 e. The Morgan fingerprint density at radius 3 is 2.60 bits per heavy atom. The highest BCUT2D eigenvalue weighted by atomic mass is 32.2. The van der Waals surface area contributed by atoms with Gasteiger partial charge >= 0.3 is 0 Å². The summed E-state index contributed by atoms with van der Waals surface area (Å²) in [4.78, 5) is 12.1. The van der Waals surface area contributed by atoms with Crippen molar-refractivity contribution >= 4 is 15.9 Å². The Kier molecular flexibility index (Phi) is 6.12. The van der Waals surface area contributed by atoms with E-state index in [4.69, 9.17) is 0 Å². The molecule has 1 amide bonds. The standard InChI is InChI=1S/C19H22N2O3S/c1-4-12-20-19(22)16-10-7-11-18(13-16)25(23,24)21(3)14-17-9-6-5-8-15(17)2/h4-11,13H,1,12,14H2,2-3H3,(H,20,22). The van der Waals surface area contributed by atoms with Gasteiger partial charge in [-0.3, -0.25) is 4.79 Å². The highest BCUT2D eigenvalue weighted by molar-refractivity contribution is 7.89. The van der Waals surface area contributed by atoms with Crippen molar-refractivity contribution in [3.8, 4) is 0 Å². The van der Waals surface area contributed by atoms with Crippen LogP contribution in [0.5, 0.6) is 0 Å². The SMILES string of the molecule is C=CCNC(=O)c1cccc(S(=O)(=O)N(C)Cc2ccccc2C)c1. The third-order valence-corrected chi connectivity index (χ3v) is 5.67. The van der Waals surface area contributed by atoms with Gasteiger partial charge in [-0.2, -0.15) is 4.31 Å². The van der Waals surface area contributed by atoms with Crippen molar-refractivity contribution in [3.05, 3.63) is 77.9 Å². The molecule has 2 rings (SSSR count). The average molecular weight is 358 g/mol. The van der Waals surface area contributed by atoms with Crippen LogP contribution in [0.2, 0.25) is 0 Å². The van der Waals surface area contributed by atoms with Crippen molar-refractivity contribution in [1.82, 2.24) is 9.62 Å². The molecule has 0 saturated heterocycles.